The van der Waals surface area contributed by atoms with E-state index in [1.165, 1.54) is 6.08 Å². The van der Waals surface area contributed by atoms with Gasteiger partial charge in [-0.05, 0) is 60.2 Å². The first-order valence-corrected chi connectivity index (χ1v) is 10.5. The van der Waals surface area contributed by atoms with Crippen molar-refractivity contribution >= 4 is 39.8 Å². The normalized spacial score (nSPS) is 17.1. The maximum absolute atomic E-state index is 12.9. The molecule has 0 aromatic heterocycles. The molecule has 0 fully saturated rings. The van der Waals surface area contributed by atoms with Gasteiger partial charge < -0.3 is 9.47 Å². The molecule has 4 rings (SSSR count). The summed E-state index contributed by atoms with van der Waals surface area (Å²) in [5.41, 5.74) is 1.43. The van der Waals surface area contributed by atoms with Crippen molar-refractivity contribution in [3.05, 3.63) is 65.2 Å². The van der Waals surface area contributed by atoms with Crippen LogP contribution in [0, 0.1) is 12.3 Å². The summed E-state index contributed by atoms with van der Waals surface area (Å²) in [6.07, 6.45) is -3.32. The number of carbonyl (C=O) groups is 1. The third kappa shape index (κ3) is 5.25. The molecule has 1 amide bonds. The molecule has 7 nitrogen and oxygen atoms in total. The van der Waals surface area contributed by atoms with Crippen LogP contribution in [0.1, 0.15) is 11.1 Å². The number of ether oxygens (including phenoxy) is 2. The molecule has 2 heterocycles. The Morgan fingerprint density at radius 1 is 1.09 bits per heavy atom. The van der Waals surface area contributed by atoms with E-state index in [0.717, 1.165) is 11.3 Å². The molecule has 33 heavy (non-hydrogen) atoms. The molecule has 11 heteroatoms. The van der Waals surface area contributed by atoms with Crippen molar-refractivity contribution in [3.8, 4) is 11.5 Å². The molecule has 0 unspecified atom stereocenters. The van der Waals surface area contributed by atoms with Gasteiger partial charge in [0.05, 0.1) is 5.57 Å². The lowest BCUT2D eigenvalue weighted by Gasteiger charge is -2.20. The number of amidine groups is 2. The quantitative estimate of drug-likeness (QED) is 0.487. The van der Waals surface area contributed by atoms with E-state index >= 15 is 0 Å². The molecule has 0 saturated heterocycles. The highest BCUT2D eigenvalue weighted by atomic mass is 32.2. The van der Waals surface area contributed by atoms with E-state index in [4.69, 9.17) is 14.9 Å². The fraction of sp³-hybridized carbons (Fsp3) is 0.182. The fourth-order valence-corrected chi connectivity index (χ4v) is 3.75. The molecule has 2 aromatic carbocycles. The van der Waals surface area contributed by atoms with Crippen LogP contribution in [-0.2, 0) is 4.79 Å². The topological polar surface area (TPSA) is 87.3 Å². The van der Waals surface area contributed by atoms with Crippen LogP contribution >= 0.6 is 11.8 Å². The molecule has 0 saturated carbocycles. The highest BCUT2D eigenvalue weighted by Crippen LogP contribution is 2.35. The number of benzene rings is 2. The number of aryl methyl sites for hydroxylation is 1. The van der Waals surface area contributed by atoms with Crippen molar-refractivity contribution in [2.24, 2.45) is 10.1 Å². The van der Waals surface area contributed by atoms with Crippen molar-refractivity contribution in [1.29, 1.82) is 5.41 Å². The first-order chi connectivity index (χ1) is 15.7. The molecule has 0 spiro atoms. The van der Waals surface area contributed by atoms with Crippen molar-refractivity contribution in [2.45, 2.75) is 13.1 Å². The maximum Gasteiger partial charge on any atom is 0.441 e. The van der Waals surface area contributed by atoms with Gasteiger partial charge in [-0.2, -0.15) is 28.3 Å². The van der Waals surface area contributed by atoms with Crippen molar-refractivity contribution in [1.82, 2.24) is 5.01 Å². The number of hydrazone groups is 1. The van der Waals surface area contributed by atoms with Crippen LogP contribution in [0.25, 0.3) is 6.08 Å². The van der Waals surface area contributed by atoms with Crippen molar-refractivity contribution < 1.29 is 27.4 Å². The molecular formula is C22H17F3N4O3S. The Morgan fingerprint density at radius 3 is 2.42 bits per heavy atom. The zero-order chi connectivity index (χ0) is 23.6. The lowest BCUT2D eigenvalue weighted by molar-refractivity contribution is -0.114. The number of alkyl halides is 3. The zero-order valence-corrected chi connectivity index (χ0v) is 18.0. The summed E-state index contributed by atoms with van der Waals surface area (Å²) >= 11 is 0.210. The molecule has 170 valence electrons. The summed E-state index contributed by atoms with van der Waals surface area (Å²) in [4.78, 5) is 16.0. The number of halogens is 3. The average molecular weight is 474 g/mol. The highest BCUT2D eigenvalue weighted by Gasteiger charge is 2.46. The number of nitrogens with zero attached hydrogens (tertiary/aromatic N) is 3. The molecule has 2 aliphatic heterocycles. The monoisotopic (exact) mass is 474 g/mol. The van der Waals surface area contributed by atoms with Crippen LogP contribution in [0.15, 0.2) is 64.2 Å². The second kappa shape index (κ2) is 9.10. The third-order valence-electron chi connectivity index (χ3n) is 4.48. The minimum absolute atomic E-state index is 0.175. The van der Waals surface area contributed by atoms with Gasteiger partial charge in [-0.1, -0.05) is 24.3 Å². The van der Waals surface area contributed by atoms with Gasteiger partial charge in [0.25, 0.3) is 5.91 Å². The van der Waals surface area contributed by atoms with Gasteiger partial charge in [-0.3, -0.25) is 10.2 Å². The largest absolute Gasteiger partial charge is 0.490 e. The second-order valence-electron chi connectivity index (χ2n) is 7.01. The molecule has 0 bridgehead atoms. The van der Waals surface area contributed by atoms with E-state index in [2.05, 4.69) is 10.1 Å². The van der Waals surface area contributed by atoms with Crippen molar-refractivity contribution in [2.75, 3.05) is 13.2 Å². The van der Waals surface area contributed by atoms with Crippen LogP contribution < -0.4 is 9.47 Å². The second-order valence-corrected chi connectivity index (χ2v) is 7.96. The standard InChI is InChI=1S/C22H17F3N4O3S/c1-13-4-2-6-15(10-13)31-8-9-32-16-7-3-5-14(11-16)12-17-18(26)29-21(27-19(17)30)33-20(28-29)22(23,24)25/h2-7,10-12,26H,8-9H2,1H3/b17-12+,26-18?. The zero-order valence-electron chi connectivity index (χ0n) is 17.2. The lowest BCUT2D eigenvalue weighted by Crippen LogP contribution is -2.35. The lowest BCUT2D eigenvalue weighted by atomic mass is 10.1. The molecule has 1 N–H and O–H groups in total. The molecule has 2 aliphatic rings. The number of hydrogen-bond acceptors (Lipinski definition) is 6. The number of nitrogens with one attached hydrogen (secondary N) is 1. The van der Waals surface area contributed by atoms with E-state index < -0.39 is 23.0 Å². The van der Waals surface area contributed by atoms with Gasteiger partial charge in [-0.15, -0.1) is 0 Å². The summed E-state index contributed by atoms with van der Waals surface area (Å²) in [5.74, 6) is -0.0436. The predicted molar refractivity (Wildman–Crippen MR) is 120 cm³/mol. The van der Waals surface area contributed by atoms with Crippen LogP contribution in [-0.4, -0.2) is 46.4 Å². The van der Waals surface area contributed by atoms with Gasteiger partial charge in [-0.25, -0.2) is 0 Å². The molecule has 0 radical (unpaired) electrons. The maximum atomic E-state index is 12.9. The van der Waals surface area contributed by atoms with Gasteiger partial charge in [0, 0.05) is 0 Å². The average Bonchev–Trinajstić information content (AvgIpc) is 3.19. The van der Waals surface area contributed by atoms with E-state index in [-0.39, 0.29) is 29.1 Å². The van der Waals surface area contributed by atoms with Gasteiger partial charge in [0.15, 0.2) is 5.84 Å². The minimum Gasteiger partial charge on any atom is -0.490 e. The minimum atomic E-state index is -4.69. The third-order valence-corrected chi connectivity index (χ3v) is 5.43. The van der Waals surface area contributed by atoms with Gasteiger partial charge in [0.2, 0.25) is 10.2 Å². The van der Waals surface area contributed by atoms with E-state index in [1.807, 2.05) is 31.2 Å². The summed E-state index contributed by atoms with van der Waals surface area (Å²) in [7, 11) is 0. The molecule has 2 aromatic rings. The Bertz CT molecular complexity index is 1210. The SMILES string of the molecule is Cc1cccc(OCCOc2cccc(/C=C3\C(=N)N4N=C(C(F)(F)F)SC4=NC3=O)c2)c1. The summed E-state index contributed by atoms with van der Waals surface area (Å²) in [6.45, 7) is 2.56. The van der Waals surface area contributed by atoms with Crippen LogP contribution in [0.2, 0.25) is 0 Å². The Kier molecular flexibility index (Phi) is 6.23. The number of amides is 1. The van der Waals surface area contributed by atoms with Crippen LogP contribution in [0.3, 0.4) is 0 Å². The summed E-state index contributed by atoms with van der Waals surface area (Å²) < 4.78 is 50.1. The van der Waals surface area contributed by atoms with Crippen LogP contribution in [0.5, 0.6) is 11.5 Å². The molecule has 0 atom stereocenters. The first kappa shape index (κ1) is 22.6. The van der Waals surface area contributed by atoms with Crippen LogP contribution in [0.4, 0.5) is 13.2 Å². The van der Waals surface area contributed by atoms with Gasteiger partial charge >= 0.3 is 6.18 Å². The smallest absolute Gasteiger partial charge is 0.441 e. The Labute approximate surface area is 191 Å². The number of carbonyl (C=O) groups excluding carboxylic acids is 1. The van der Waals surface area contributed by atoms with Crippen molar-refractivity contribution in [3.63, 3.8) is 0 Å². The Hall–Kier alpha value is -3.60. The van der Waals surface area contributed by atoms with Gasteiger partial charge in [0.1, 0.15) is 24.7 Å². The highest BCUT2D eigenvalue weighted by molar-refractivity contribution is 8.27. The number of thioether (sulfide) groups is 1. The number of aliphatic imine (C=N–C) groups is 1. The van der Waals surface area contributed by atoms with E-state index in [1.54, 1.807) is 24.3 Å². The van der Waals surface area contributed by atoms with E-state index in [9.17, 15) is 18.0 Å². The molecular weight excluding hydrogens is 457 g/mol. The fourth-order valence-electron chi connectivity index (χ4n) is 2.99. The number of rotatable bonds is 6. The van der Waals surface area contributed by atoms with E-state index in [0.29, 0.717) is 22.9 Å². The predicted octanol–water partition coefficient (Wildman–Crippen LogP) is 4.63. The Morgan fingerprint density at radius 2 is 1.76 bits per heavy atom. The first-order valence-electron chi connectivity index (χ1n) is 9.70. The number of hydrogen-bond donors (Lipinski definition) is 1. The molecule has 0 aliphatic carbocycles. The summed E-state index contributed by atoms with van der Waals surface area (Å²) in [5, 5.41) is 10.8. The number of fused-ring (bicyclic) bond motifs is 1. The summed E-state index contributed by atoms with van der Waals surface area (Å²) in [6, 6.07) is 14.4. The Balaban J connectivity index is 1.43.